The minimum atomic E-state index is -0.176. The molecule has 0 radical (unpaired) electrons. The van der Waals surface area contributed by atoms with Crippen LogP contribution in [-0.2, 0) is 11.2 Å². The lowest BCUT2D eigenvalue weighted by Crippen LogP contribution is -2.40. The van der Waals surface area contributed by atoms with Crippen molar-refractivity contribution in [3.8, 4) is 0 Å². The molecule has 2 aromatic rings. The van der Waals surface area contributed by atoms with Gasteiger partial charge in [-0.3, -0.25) is 9.59 Å². The van der Waals surface area contributed by atoms with Crippen molar-refractivity contribution in [1.82, 2.24) is 10.2 Å². The van der Waals surface area contributed by atoms with E-state index in [2.05, 4.69) is 34.5 Å². The maximum Gasteiger partial charge on any atom is 0.251 e. The summed E-state index contributed by atoms with van der Waals surface area (Å²) in [5.74, 6) is -0.0361. The van der Waals surface area contributed by atoms with E-state index in [-0.39, 0.29) is 17.9 Å². The molecule has 0 bridgehead atoms. The van der Waals surface area contributed by atoms with Crippen LogP contribution in [0.1, 0.15) is 59.6 Å². The molecule has 1 atom stereocenters. The minimum Gasteiger partial charge on any atom is -0.352 e. The van der Waals surface area contributed by atoms with Crippen molar-refractivity contribution < 1.29 is 9.59 Å². The summed E-state index contributed by atoms with van der Waals surface area (Å²) in [6.45, 7) is 0.345. The molecule has 0 aliphatic heterocycles. The summed E-state index contributed by atoms with van der Waals surface area (Å²) in [7, 11) is 0. The predicted octanol–water partition coefficient (Wildman–Crippen LogP) is 4.53. The fourth-order valence-electron chi connectivity index (χ4n) is 4.12. The minimum absolute atomic E-state index is 0.139. The van der Waals surface area contributed by atoms with E-state index in [0.717, 1.165) is 32.1 Å². The highest BCUT2D eigenvalue weighted by Crippen LogP contribution is 2.41. The maximum atomic E-state index is 13.1. The lowest BCUT2D eigenvalue weighted by Gasteiger charge is -2.36. The lowest BCUT2D eigenvalue weighted by atomic mass is 9.86. The van der Waals surface area contributed by atoms with Crippen molar-refractivity contribution in [3.63, 3.8) is 0 Å². The van der Waals surface area contributed by atoms with Gasteiger partial charge in [0.2, 0.25) is 5.91 Å². The molecule has 4 nitrogen and oxygen atoms in total. The molecule has 0 heterocycles. The number of aryl methyl sites for hydroxylation is 1. The number of fused-ring (bicyclic) bond motifs is 1. The van der Waals surface area contributed by atoms with Gasteiger partial charge in [0.1, 0.15) is 0 Å². The van der Waals surface area contributed by atoms with E-state index in [1.165, 1.54) is 11.1 Å². The van der Waals surface area contributed by atoms with Gasteiger partial charge in [0.15, 0.2) is 0 Å². The van der Waals surface area contributed by atoms with Crippen LogP contribution in [0.15, 0.2) is 48.5 Å². The van der Waals surface area contributed by atoms with E-state index < -0.39 is 0 Å². The lowest BCUT2D eigenvalue weighted by molar-refractivity contribution is -0.134. The number of hydrogen-bond acceptors (Lipinski definition) is 2. The molecule has 1 unspecified atom stereocenters. The smallest absolute Gasteiger partial charge is 0.251 e. The number of amides is 2. The molecular weight excluding hydrogens is 372 g/mol. The van der Waals surface area contributed by atoms with Gasteiger partial charge in [0, 0.05) is 29.6 Å². The second kappa shape index (κ2) is 8.36. The molecule has 2 aliphatic rings. The van der Waals surface area contributed by atoms with E-state index in [0.29, 0.717) is 29.6 Å². The first-order valence-electron chi connectivity index (χ1n) is 10.1. The van der Waals surface area contributed by atoms with Crippen molar-refractivity contribution >= 4 is 23.4 Å². The molecule has 1 saturated carbocycles. The number of hydrogen-bond donors (Lipinski definition) is 1. The standard InChI is InChI=1S/C23H25ClN2O2/c24-18-10-8-17(9-11-18)23(28)25-15-14-22(27)26(19-12-13-19)21-7-3-5-16-4-1-2-6-20(16)21/h1-2,4,6,8-11,19,21H,3,5,7,12-15H2,(H,25,28). The van der Waals surface area contributed by atoms with Crippen LogP contribution in [0.25, 0.3) is 0 Å². The van der Waals surface area contributed by atoms with Crippen molar-refractivity contribution in [3.05, 3.63) is 70.2 Å². The second-order valence-corrected chi connectivity index (χ2v) is 8.09. The predicted molar refractivity (Wildman–Crippen MR) is 110 cm³/mol. The molecule has 4 rings (SSSR count). The third-order valence-corrected chi connectivity index (χ3v) is 5.88. The quantitative estimate of drug-likeness (QED) is 0.779. The van der Waals surface area contributed by atoms with Crippen LogP contribution in [0.5, 0.6) is 0 Å². The molecule has 2 aliphatic carbocycles. The van der Waals surface area contributed by atoms with Gasteiger partial charge in [-0.1, -0.05) is 35.9 Å². The Morgan fingerprint density at radius 3 is 2.54 bits per heavy atom. The highest BCUT2D eigenvalue weighted by Gasteiger charge is 2.39. The summed E-state index contributed by atoms with van der Waals surface area (Å²) in [4.78, 5) is 27.4. The highest BCUT2D eigenvalue weighted by molar-refractivity contribution is 6.30. The van der Waals surface area contributed by atoms with Crippen LogP contribution in [0, 0.1) is 0 Å². The van der Waals surface area contributed by atoms with E-state index >= 15 is 0 Å². The Labute approximate surface area is 170 Å². The van der Waals surface area contributed by atoms with Gasteiger partial charge < -0.3 is 10.2 Å². The molecule has 146 valence electrons. The zero-order valence-electron chi connectivity index (χ0n) is 15.9. The van der Waals surface area contributed by atoms with E-state index in [1.807, 2.05) is 0 Å². The Balaban J connectivity index is 1.39. The summed E-state index contributed by atoms with van der Waals surface area (Å²) in [6, 6.07) is 15.8. The van der Waals surface area contributed by atoms with Crippen LogP contribution >= 0.6 is 11.6 Å². The van der Waals surface area contributed by atoms with Crippen molar-refractivity contribution in [2.24, 2.45) is 0 Å². The SMILES string of the molecule is O=C(NCCC(=O)N(C1CC1)C1CCCc2ccccc21)c1ccc(Cl)cc1. The van der Waals surface area contributed by atoms with Crippen LogP contribution in [-0.4, -0.2) is 29.3 Å². The van der Waals surface area contributed by atoms with Gasteiger partial charge in [-0.25, -0.2) is 0 Å². The molecule has 0 aromatic heterocycles. The van der Waals surface area contributed by atoms with Gasteiger partial charge in [-0.05, 0) is 67.5 Å². The zero-order chi connectivity index (χ0) is 19.5. The number of benzene rings is 2. The van der Waals surface area contributed by atoms with Crippen LogP contribution in [0.4, 0.5) is 0 Å². The Bertz CT molecular complexity index is 861. The average Bonchev–Trinajstić information content (AvgIpc) is 3.54. The number of rotatable bonds is 6. The monoisotopic (exact) mass is 396 g/mol. The van der Waals surface area contributed by atoms with E-state index in [1.54, 1.807) is 24.3 Å². The average molecular weight is 397 g/mol. The Kier molecular flexibility index (Phi) is 5.67. The summed E-state index contributed by atoms with van der Waals surface area (Å²) >= 11 is 5.86. The Morgan fingerprint density at radius 2 is 1.79 bits per heavy atom. The van der Waals surface area contributed by atoms with Gasteiger partial charge in [-0.2, -0.15) is 0 Å². The molecule has 1 N–H and O–H groups in total. The Hall–Kier alpha value is -2.33. The third-order valence-electron chi connectivity index (χ3n) is 5.63. The van der Waals surface area contributed by atoms with Crippen LogP contribution < -0.4 is 5.32 Å². The van der Waals surface area contributed by atoms with E-state index in [9.17, 15) is 9.59 Å². The Morgan fingerprint density at radius 1 is 1.04 bits per heavy atom. The van der Waals surface area contributed by atoms with E-state index in [4.69, 9.17) is 11.6 Å². The molecule has 5 heteroatoms. The van der Waals surface area contributed by atoms with Gasteiger partial charge >= 0.3 is 0 Å². The number of carbonyl (C=O) groups is 2. The van der Waals surface area contributed by atoms with Crippen LogP contribution in [0.2, 0.25) is 5.02 Å². The molecule has 2 amide bonds. The van der Waals surface area contributed by atoms with Crippen molar-refractivity contribution in [1.29, 1.82) is 0 Å². The summed E-state index contributed by atoms with van der Waals surface area (Å²) in [5, 5.41) is 3.45. The topological polar surface area (TPSA) is 49.4 Å². The molecule has 2 aromatic carbocycles. The largest absolute Gasteiger partial charge is 0.352 e. The highest BCUT2D eigenvalue weighted by atomic mass is 35.5. The number of nitrogens with zero attached hydrogens (tertiary/aromatic N) is 1. The van der Waals surface area contributed by atoms with Gasteiger partial charge in [-0.15, -0.1) is 0 Å². The fraction of sp³-hybridized carbons (Fsp3) is 0.391. The second-order valence-electron chi connectivity index (χ2n) is 7.65. The molecule has 0 saturated heterocycles. The summed E-state index contributed by atoms with van der Waals surface area (Å²) in [5.41, 5.74) is 3.23. The summed E-state index contributed by atoms with van der Waals surface area (Å²) in [6.07, 6.45) is 5.73. The summed E-state index contributed by atoms with van der Waals surface area (Å²) < 4.78 is 0. The molecule has 1 fully saturated rings. The number of nitrogens with one attached hydrogen (secondary N) is 1. The normalized spacial score (nSPS) is 18.2. The third kappa shape index (κ3) is 4.22. The van der Waals surface area contributed by atoms with Crippen molar-refractivity contribution in [2.75, 3.05) is 6.54 Å². The van der Waals surface area contributed by atoms with Gasteiger partial charge in [0.05, 0.1) is 6.04 Å². The molecular formula is C23H25ClN2O2. The first-order valence-corrected chi connectivity index (χ1v) is 10.4. The first-order chi connectivity index (χ1) is 13.6. The number of carbonyl (C=O) groups excluding carboxylic acids is 2. The maximum absolute atomic E-state index is 13.1. The molecule has 0 spiro atoms. The first kappa shape index (κ1) is 19.0. The molecule has 28 heavy (non-hydrogen) atoms. The van der Waals surface area contributed by atoms with Gasteiger partial charge in [0.25, 0.3) is 5.91 Å². The number of halogens is 1. The van der Waals surface area contributed by atoms with Crippen molar-refractivity contribution in [2.45, 2.75) is 50.6 Å². The fourth-order valence-corrected chi connectivity index (χ4v) is 4.24. The van der Waals surface area contributed by atoms with Crippen LogP contribution in [0.3, 0.4) is 0 Å². The zero-order valence-corrected chi connectivity index (χ0v) is 16.6.